The zero-order chi connectivity index (χ0) is 11.7. The first-order valence-electron chi connectivity index (χ1n) is 6.20. The highest BCUT2D eigenvalue weighted by atomic mass is 15.1. The molecular formula is C14H22N2. The molecule has 0 saturated heterocycles. The fourth-order valence-electron chi connectivity index (χ4n) is 2.34. The third-order valence-electron chi connectivity index (χ3n) is 3.40. The van der Waals surface area contributed by atoms with Gasteiger partial charge in [0, 0.05) is 19.6 Å². The summed E-state index contributed by atoms with van der Waals surface area (Å²) in [4.78, 5) is 2.36. The normalized spacial score (nSPS) is 20.3. The van der Waals surface area contributed by atoms with E-state index in [0.29, 0.717) is 12.0 Å². The van der Waals surface area contributed by atoms with Crippen molar-refractivity contribution in [3.63, 3.8) is 0 Å². The standard InChI is InChI=1S/C14H22N2/c1-10(2)12-6-5-7-13-14(12)15-11(3)8-9-16(13)4/h5-7,10-11,15H,8-9H2,1-4H3. The van der Waals surface area contributed by atoms with E-state index in [1.165, 1.54) is 23.4 Å². The molecule has 0 bridgehead atoms. The molecule has 1 N–H and O–H groups in total. The van der Waals surface area contributed by atoms with Crippen LogP contribution in [0.15, 0.2) is 18.2 Å². The van der Waals surface area contributed by atoms with E-state index in [9.17, 15) is 0 Å². The molecular weight excluding hydrogens is 196 g/mol. The van der Waals surface area contributed by atoms with Crippen LogP contribution in [0.25, 0.3) is 0 Å². The van der Waals surface area contributed by atoms with Gasteiger partial charge >= 0.3 is 0 Å². The molecule has 0 spiro atoms. The van der Waals surface area contributed by atoms with Crippen LogP contribution in [0.5, 0.6) is 0 Å². The Balaban J connectivity index is 2.49. The van der Waals surface area contributed by atoms with E-state index in [2.05, 4.69) is 56.2 Å². The zero-order valence-corrected chi connectivity index (χ0v) is 10.7. The van der Waals surface area contributed by atoms with Gasteiger partial charge in [0.05, 0.1) is 11.4 Å². The molecule has 1 aliphatic heterocycles. The van der Waals surface area contributed by atoms with E-state index in [4.69, 9.17) is 0 Å². The van der Waals surface area contributed by atoms with Crippen molar-refractivity contribution in [2.75, 3.05) is 23.8 Å². The number of hydrogen-bond acceptors (Lipinski definition) is 2. The number of nitrogens with one attached hydrogen (secondary N) is 1. The van der Waals surface area contributed by atoms with E-state index in [1.807, 2.05) is 0 Å². The molecule has 1 aromatic carbocycles. The number of fused-ring (bicyclic) bond motifs is 1. The van der Waals surface area contributed by atoms with Gasteiger partial charge in [0.2, 0.25) is 0 Å². The Morgan fingerprint density at radius 2 is 2.12 bits per heavy atom. The highest BCUT2D eigenvalue weighted by Gasteiger charge is 2.19. The maximum absolute atomic E-state index is 3.66. The smallest absolute Gasteiger partial charge is 0.0615 e. The van der Waals surface area contributed by atoms with Gasteiger partial charge in [-0.05, 0) is 30.9 Å². The van der Waals surface area contributed by atoms with Crippen LogP contribution >= 0.6 is 0 Å². The summed E-state index contributed by atoms with van der Waals surface area (Å²) in [5.41, 5.74) is 4.11. The van der Waals surface area contributed by atoms with Crippen LogP contribution < -0.4 is 10.2 Å². The second-order valence-corrected chi connectivity index (χ2v) is 5.15. The lowest BCUT2D eigenvalue weighted by molar-refractivity contribution is 0.710. The minimum atomic E-state index is 0.559. The van der Waals surface area contributed by atoms with Crippen LogP contribution in [0.1, 0.15) is 38.7 Å². The zero-order valence-electron chi connectivity index (χ0n) is 10.7. The highest BCUT2D eigenvalue weighted by molar-refractivity contribution is 5.75. The number of para-hydroxylation sites is 1. The van der Waals surface area contributed by atoms with E-state index >= 15 is 0 Å². The second-order valence-electron chi connectivity index (χ2n) is 5.15. The van der Waals surface area contributed by atoms with Crippen LogP contribution in [0, 0.1) is 0 Å². The molecule has 0 fully saturated rings. The molecule has 1 atom stereocenters. The van der Waals surface area contributed by atoms with Crippen molar-refractivity contribution in [1.82, 2.24) is 0 Å². The van der Waals surface area contributed by atoms with Crippen molar-refractivity contribution < 1.29 is 0 Å². The van der Waals surface area contributed by atoms with Crippen LogP contribution in [-0.4, -0.2) is 19.6 Å². The SMILES string of the molecule is CC1CCN(C)c2cccc(C(C)C)c2N1. The predicted molar refractivity (Wildman–Crippen MR) is 71.5 cm³/mol. The lowest BCUT2D eigenvalue weighted by Crippen LogP contribution is -2.19. The summed E-state index contributed by atoms with van der Waals surface area (Å²) in [7, 11) is 2.18. The molecule has 88 valence electrons. The Morgan fingerprint density at radius 3 is 2.81 bits per heavy atom. The molecule has 2 nitrogen and oxygen atoms in total. The maximum Gasteiger partial charge on any atom is 0.0615 e. The average molecular weight is 218 g/mol. The first-order valence-corrected chi connectivity index (χ1v) is 6.20. The molecule has 1 aromatic rings. The lowest BCUT2D eigenvalue weighted by Gasteiger charge is -2.22. The summed E-state index contributed by atoms with van der Waals surface area (Å²) < 4.78 is 0. The number of benzene rings is 1. The molecule has 0 aromatic heterocycles. The quantitative estimate of drug-likeness (QED) is 0.776. The molecule has 0 aliphatic carbocycles. The largest absolute Gasteiger partial charge is 0.381 e. The molecule has 2 rings (SSSR count). The van der Waals surface area contributed by atoms with Crippen LogP contribution in [0.3, 0.4) is 0 Å². The molecule has 1 unspecified atom stereocenters. The summed E-state index contributed by atoms with van der Waals surface area (Å²) in [6, 6.07) is 7.18. The first kappa shape index (κ1) is 11.3. The summed E-state index contributed by atoms with van der Waals surface area (Å²) >= 11 is 0. The predicted octanol–water partition coefficient (Wildman–Crippen LogP) is 3.45. The van der Waals surface area contributed by atoms with E-state index in [0.717, 1.165) is 6.54 Å². The highest BCUT2D eigenvalue weighted by Crippen LogP contribution is 2.35. The Bertz CT molecular complexity index is 371. The topological polar surface area (TPSA) is 15.3 Å². The van der Waals surface area contributed by atoms with Gasteiger partial charge in [-0.3, -0.25) is 0 Å². The Labute approximate surface area is 98.7 Å². The third-order valence-corrected chi connectivity index (χ3v) is 3.40. The van der Waals surface area contributed by atoms with Gasteiger partial charge in [0.25, 0.3) is 0 Å². The van der Waals surface area contributed by atoms with Crippen molar-refractivity contribution in [2.45, 2.75) is 39.2 Å². The van der Waals surface area contributed by atoms with Crippen LogP contribution in [0.2, 0.25) is 0 Å². The summed E-state index contributed by atoms with van der Waals surface area (Å²) in [5.74, 6) is 0.571. The molecule has 0 radical (unpaired) electrons. The number of hydrogen-bond donors (Lipinski definition) is 1. The third kappa shape index (κ3) is 2.01. The number of anilines is 2. The monoisotopic (exact) mass is 218 g/mol. The van der Waals surface area contributed by atoms with E-state index < -0.39 is 0 Å². The molecule has 16 heavy (non-hydrogen) atoms. The first-order chi connectivity index (χ1) is 7.59. The summed E-state index contributed by atoms with van der Waals surface area (Å²) in [6.45, 7) is 7.91. The Morgan fingerprint density at radius 1 is 1.38 bits per heavy atom. The fourth-order valence-corrected chi connectivity index (χ4v) is 2.34. The van der Waals surface area contributed by atoms with Crippen LogP contribution in [0.4, 0.5) is 11.4 Å². The van der Waals surface area contributed by atoms with Crippen molar-refractivity contribution in [2.24, 2.45) is 0 Å². The lowest BCUT2D eigenvalue weighted by atomic mass is 9.99. The minimum Gasteiger partial charge on any atom is -0.381 e. The van der Waals surface area contributed by atoms with Gasteiger partial charge in [-0.25, -0.2) is 0 Å². The Kier molecular flexibility index (Phi) is 3.08. The van der Waals surface area contributed by atoms with Gasteiger partial charge in [-0.15, -0.1) is 0 Å². The average Bonchev–Trinajstić information content (AvgIpc) is 2.38. The molecule has 0 amide bonds. The van der Waals surface area contributed by atoms with Gasteiger partial charge < -0.3 is 10.2 Å². The van der Waals surface area contributed by atoms with Crippen molar-refractivity contribution in [1.29, 1.82) is 0 Å². The number of nitrogens with zero attached hydrogens (tertiary/aromatic N) is 1. The van der Waals surface area contributed by atoms with Crippen molar-refractivity contribution >= 4 is 11.4 Å². The van der Waals surface area contributed by atoms with Gasteiger partial charge in [0.1, 0.15) is 0 Å². The van der Waals surface area contributed by atoms with Gasteiger partial charge in [0.15, 0.2) is 0 Å². The van der Waals surface area contributed by atoms with Crippen LogP contribution in [-0.2, 0) is 0 Å². The van der Waals surface area contributed by atoms with Gasteiger partial charge in [-0.2, -0.15) is 0 Å². The molecule has 0 saturated carbocycles. The van der Waals surface area contributed by atoms with Crippen molar-refractivity contribution in [3.05, 3.63) is 23.8 Å². The maximum atomic E-state index is 3.66. The molecule has 1 heterocycles. The molecule has 1 aliphatic rings. The van der Waals surface area contributed by atoms with Crippen molar-refractivity contribution in [3.8, 4) is 0 Å². The van der Waals surface area contributed by atoms with E-state index in [1.54, 1.807) is 0 Å². The minimum absolute atomic E-state index is 0.559. The van der Waals surface area contributed by atoms with E-state index in [-0.39, 0.29) is 0 Å². The molecule has 2 heteroatoms. The fraction of sp³-hybridized carbons (Fsp3) is 0.571. The van der Waals surface area contributed by atoms with Gasteiger partial charge in [-0.1, -0.05) is 26.0 Å². The summed E-state index contributed by atoms with van der Waals surface area (Å²) in [6.07, 6.45) is 1.20. The number of rotatable bonds is 1. The second kappa shape index (κ2) is 4.36. The summed E-state index contributed by atoms with van der Waals surface area (Å²) in [5, 5.41) is 3.66. The Hall–Kier alpha value is -1.18.